The molecule has 0 saturated heterocycles. The van der Waals surface area contributed by atoms with Crippen LogP contribution >= 0.6 is 0 Å². The van der Waals surface area contributed by atoms with E-state index < -0.39 is 6.10 Å². The molecule has 0 aromatic carbocycles. The SMILES string of the molecule is CC\C=C/C=C\C=C/CCCCCCCCCC(=O)OC(COC(=O)CCCCCCC/C=C\C/C=C\CC)COC(=O)CCCCCCCCCCCCCCCCCCCC. The van der Waals surface area contributed by atoms with E-state index in [0.29, 0.717) is 19.3 Å². The molecule has 0 aliphatic carbocycles. The van der Waals surface area contributed by atoms with Crippen molar-refractivity contribution in [3.8, 4) is 0 Å². The van der Waals surface area contributed by atoms with Crippen LogP contribution in [0.25, 0.3) is 0 Å². The quantitative estimate of drug-likeness (QED) is 0.0199. The Morgan fingerprint density at radius 3 is 1.13 bits per heavy atom. The minimum absolute atomic E-state index is 0.0817. The molecule has 0 aromatic rings. The molecule has 6 heteroatoms. The summed E-state index contributed by atoms with van der Waals surface area (Å²) in [7, 11) is 0. The monoisotopic (exact) mass is 881 g/mol. The molecule has 1 atom stereocenters. The average Bonchev–Trinajstić information content (AvgIpc) is 3.28. The van der Waals surface area contributed by atoms with Gasteiger partial charge in [-0.25, -0.2) is 0 Å². The number of carbonyl (C=O) groups is 3. The Balaban J connectivity index is 4.35. The minimum atomic E-state index is -0.784. The third kappa shape index (κ3) is 50.0. The largest absolute Gasteiger partial charge is 0.462 e. The highest BCUT2D eigenvalue weighted by Gasteiger charge is 2.19. The van der Waals surface area contributed by atoms with Crippen LogP contribution in [-0.2, 0) is 28.6 Å². The summed E-state index contributed by atoms with van der Waals surface area (Å²) >= 11 is 0. The fourth-order valence-corrected chi connectivity index (χ4v) is 7.60. The van der Waals surface area contributed by atoms with Crippen molar-refractivity contribution in [2.75, 3.05) is 13.2 Å². The van der Waals surface area contributed by atoms with E-state index in [9.17, 15) is 14.4 Å². The van der Waals surface area contributed by atoms with E-state index in [1.54, 1.807) is 0 Å². The molecular formula is C57H100O6. The van der Waals surface area contributed by atoms with Gasteiger partial charge in [-0.15, -0.1) is 0 Å². The summed E-state index contributed by atoms with van der Waals surface area (Å²) in [6, 6.07) is 0. The summed E-state index contributed by atoms with van der Waals surface area (Å²) in [6.07, 6.45) is 63.5. The maximum Gasteiger partial charge on any atom is 0.306 e. The highest BCUT2D eigenvalue weighted by atomic mass is 16.6. The zero-order chi connectivity index (χ0) is 45.8. The van der Waals surface area contributed by atoms with Crippen LogP contribution in [0.15, 0.2) is 60.8 Å². The Labute approximate surface area is 390 Å². The lowest BCUT2D eigenvalue weighted by Gasteiger charge is -2.18. The van der Waals surface area contributed by atoms with Crippen molar-refractivity contribution in [2.45, 2.75) is 271 Å². The molecule has 0 aliphatic rings. The standard InChI is InChI=1S/C57H100O6/c1-4-7-10-13-16-19-22-25-27-28-29-31-32-35-38-41-44-47-50-56(59)62-53-54(52-61-55(58)49-46-43-40-37-34-24-21-18-15-12-9-6-3)63-57(60)51-48-45-42-39-36-33-30-26-23-20-17-14-11-8-5-2/h8-9,11-12,14,17-18,20-21,23,54H,4-7,10,13,15-16,19,22,24-53H2,1-3H3/b11-8-,12-9-,17-14-,21-18-,23-20-. The van der Waals surface area contributed by atoms with Gasteiger partial charge in [0.1, 0.15) is 13.2 Å². The Hall–Kier alpha value is -2.89. The topological polar surface area (TPSA) is 78.9 Å². The van der Waals surface area contributed by atoms with E-state index in [0.717, 1.165) is 103 Å². The summed E-state index contributed by atoms with van der Waals surface area (Å²) in [6.45, 7) is 6.40. The summed E-state index contributed by atoms with van der Waals surface area (Å²) in [5.41, 5.74) is 0. The molecule has 0 radical (unpaired) electrons. The van der Waals surface area contributed by atoms with Gasteiger partial charge in [-0.2, -0.15) is 0 Å². The smallest absolute Gasteiger partial charge is 0.306 e. The van der Waals surface area contributed by atoms with Gasteiger partial charge in [0.15, 0.2) is 6.10 Å². The lowest BCUT2D eigenvalue weighted by Crippen LogP contribution is -2.30. The third-order valence-corrected chi connectivity index (χ3v) is 11.6. The van der Waals surface area contributed by atoms with Crippen LogP contribution in [0.5, 0.6) is 0 Å². The molecule has 0 aliphatic heterocycles. The number of carbonyl (C=O) groups excluding carboxylic acids is 3. The predicted molar refractivity (Wildman–Crippen MR) is 270 cm³/mol. The van der Waals surface area contributed by atoms with E-state index in [-0.39, 0.29) is 31.1 Å². The molecule has 1 unspecified atom stereocenters. The number of ether oxygens (including phenoxy) is 3. The molecule has 6 nitrogen and oxygen atoms in total. The van der Waals surface area contributed by atoms with E-state index >= 15 is 0 Å². The molecule has 0 heterocycles. The Morgan fingerprint density at radius 1 is 0.349 bits per heavy atom. The van der Waals surface area contributed by atoms with Crippen LogP contribution in [0.3, 0.4) is 0 Å². The predicted octanol–water partition coefficient (Wildman–Crippen LogP) is 17.6. The van der Waals surface area contributed by atoms with Crippen LogP contribution in [-0.4, -0.2) is 37.2 Å². The van der Waals surface area contributed by atoms with Crippen LogP contribution in [0.2, 0.25) is 0 Å². The molecule has 0 rings (SSSR count). The van der Waals surface area contributed by atoms with Crippen LogP contribution in [0.4, 0.5) is 0 Å². The van der Waals surface area contributed by atoms with Gasteiger partial charge in [0.05, 0.1) is 0 Å². The minimum Gasteiger partial charge on any atom is -0.462 e. The lowest BCUT2D eigenvalue weighted by molar-refractivity contribution is -0.167. The second-order valence-electron chi connectivity index (χ2n) is 17.8. The average molecular weight is 881 g/mol. The number of hydrogen-bond acceptors (Lipinski definition) is 6. The Morgan fingerprint density at radius 2 is 0.698 bits per heavy atom. The van der Waals surface area contributed by atoms with Crippen molar-refractivity contribution >= 4 is 17.9 Å². The van der Waals surface area contributed by atoms with Gasteiger partial charge in [0.2, 0.25) is 0 Å². The van der Waals surface area contributed by atoms with Gasteiger partial charge in [0.25, 0.3) is 0 Å². The third-order valence-electron chi connectivity index (χ3n) is 11.6. The first-order chi connectivity index (χ1) is 31.0. The molecular weight excluding hydrogens is 781 g/mol. The van der Waals surface area contributed by atoms with Crippen molar-refractivity contribution in [2.24, 2.45) is 0 Å². The van der Waals surface area contributed by atoms with Crippen molar-refractivity contribution in [3.63, 3.8) is 0 Å². The maximum atomic E-state index is 12.8. The summed E-state index contributed by atoms with van der Waals surface area (Å²) in [4.78, 5) is 38.0. The molecule has 0 aromatic heterocycles. The van der Waals surface area contributed by atoms with Crippen LogP contribution < -0.4 is 0 Å². The number of rotatable bonds is 48. The molecule has 63 heavy (non-hydrogen) atoms. The second kappa shape index (κ2) is 51.7. The first kappa shape index (κ1) is 60.1. The van der Waals surface area contributed by atoms with Gasteiger partial charge < -0.3 is 14.2 Å². The molecule has 0 spiro atoms. The number of hydrogen-bond donors (Lipinski definition) is 0. The van der Waals surface area contributed by atoms with E-state index in [4.69, 9.17) is 14.2 Å². The summed E-state index contributed by atoms with van der Waals surface area (Å²) in [5.74, 6) is -0.902. The molecule has 0 fully saturated rings. The van der Waals surface area contributed by atoms with Gasteiger partial charge in [-0.1, -0.05) is 242 Å². The van der Waals surface area contributed by atoms with Gasteiger partial charge in [-0.3, -0.25) is 14.4 Å². The number of esters is 3. The molecule has 0 saturated carbocycles. The fourth-order valence-electron chi connectivity index (χ4n) is 7.60. The molecule has 364 valence electrons. The first-order valence-corrected chi connectivity index (χ1v) is 26.8. The second-order valence-corrected chi connectivity index (χ2v) is 17.8. The van der Waals surface area contributed by atoms with Gasteiger partial charge in [0, 0.05) is 19.3 Å². The molecule has 0 N–H and O–H groups in total. The highest BCUT2D eigenvalue weighted by Crippen LogP contribution is 2.16. The van der Waals surface area contributed by atoms with E-state index in [1.165, 1.54) is 122 Å². The molecule has 0 amide bonds. The van der Waals surface area contributed by atoms with E-state index in [2.05, 4.69) is 81.5 Å². The highest BCUT2D eigenvalue weighted by molar-refractivity contribution is 5.71. The number of unbranched alkanes of at least 4 members (excludes halogenated alkanes) is 29. The number of allylic oxidation sites excluding steroid dienone is 10. The van der Waals surface area contributed by atoms with Gasteiger partial charge in [-0.05, 0) is 64.2 Å². The normalized spacial score (nSPS) is 12.5. The van der Waals surface area contributed by atoms with Gasteiger partial charge >= 0.3 is 17.9 Å². The van der Waals surface area contributed by atoms with E-state index in [1.807, 2.05) is 0 Å². The maximum absolute atomic E-state index is 12.8. The lowest BCUT2D eigenvalue weighted by atomic mass is 10.0. The van der Waals surface area contributed by atoms with Crippen LogP contribution in [0, 0.1) is 0 Å². The fraction of sp³-hybridized carbons (Fsp3) is 0.772. The van der Waals surface area contributed by atoms with Crippen LogP contribution in [0.1, 0.15) is 265 Å². The summed E-state index contributed by atoms with van der Waals surface area (Å²) in [5, 5.41) is 0. The zero-order valence-corrected chi connectivity index (χ0v) is 41.6. The van der Waals surface area contributed by atoms with Crippen molar-refractivity contribution in [3.05, 3.63) is 60.8 Å². The summed E-state index contributed by atoms with van der Waals surface area (Å²) < 4.78 is 16.8. The molecule has 0 bridgehead atoms. The first-order valence-electron chi connectivity index (χ1n) is 26.8. The van der Waals surface area contributed by atoms with Crippen molar-refractivity contribution < 1.29 is 28.6 Å². The van der Waals surface area contributed by atoms with Crippen molar-refractivity contribution in [1.29, 1.82) is 0 Å². The Bertz CT molecular complexity index is 1150. The zero-order valence-electron chi connectivity index (χ0n) is 41.6. The van der Waals surface area contributed by atoms with Crippen molar-refractivity contribution in [1.82, 2.24) is 0 Å². The Kier molecular flexibility index (Phi) is 49.4.